The second-order valence-corrected chi connectivity index (χ2v) is 10.1. The molecule has 4 heteroatoms. The predicted octanol–water partition coefficient (Wildman–Crippen LogP) is 10.4. The lowest BCUT2D eigenvalue weighted by molar-refractivity contribution is 0.285. The van der Waals surface area contributed by atoms with E-state index in [2.05, 4.69) is 19.9 Å². The number of ether oxygens (including phenoxy) is 1. The van der Waals surface area contributed by atoms with Gasteiger partial charge in [-0.3, -0.25) is 0 Å². The van der Waals surface area contributed by atoms with Gasteiger partial charge >= 0.3 is 0 Å². The first kappa shape index (κ1) is 27.0. The van der Waals surface area contributed by atoms with Crippen LogP contribution in [-0.4, -0.2) is 6.61 Å². The molecule has 0 bridgehead atoms. The van der Waals surface area contributed by atoms with E-state index in [0.717, 1.165) is 61.6 Å². The van der Waals surface area contributed by atoms with Gasteiger partial charge in [0.1, 0.15) is 5.82 Å². The highest BCUT2D eigenvalue weighted by atomic mass is 19.2. The van der Waals surface area contributed by atoms with Crippen molar-refractivity contribution in [3.8, 4) is 28.0 Å². The van der Waals surface area contributed by atoms with Crippen LogP contribution in [0, 0.1) is 23.4 Å². The van der Waals surface area contributed by atoms with Gasteiger partial charge in [0.2, 0.25) is 5.82 Å². The Labute approximate surface area is 219 Å². The van der Waals surface area contributed by atoms with Gasteiger partial charge in [-0.15, -0.1) is 0 Å². The van der Waals surface area contributed by atoms with Crippen molar-refractivity contribution >= 4 is 5.57 Å². The van der Waals surface area contributed by atoms with Crippen LogP contribution in [-0.2, 0) is 0 Å². The Balaban J connectivity index is 1.45. The number of hydrogen-bond donors (Lipinski definition) is 0. The average Bonchev–Trinajstić information content (AvgIpc) is 2.92. The Kier molecular flexibility index (Phi) is 9.49. The number of hydrogen-bond acceptors (Lipinski definition) is 1. The van der Waals surface area contributed by atoms with E-state index in [-0.39, 0.29) is 17.1 Å². The summed E-state index contributed by atoms with van der Waals surface area (Å²) in [5.74, 6) is -1.45. The number of unbranched alkanes of at least 4 members (excludes halogenated alkanes) is 3. The summed E-state index contributed by atoms with van der Waals surface area (Å²) in [6.07, 6.45) is 11.7. The molecular formula is C33H37F3O. The Morgan fingerprint density at radius 2 is 1.49 bits per heavy atom. The van der Waals surface area contributed by atoms with Crippen molar-refractivity contribution in [1.29, 1.82) is 0 Å². The summed E-state index contributed by atoms with van der Waals surface area (Å²) in [6, 6.07) is 15.5. The van der Waals surface area contributed by atoms with Crippen molar-refractivity contribution in [2.24, 2.45) is 5.92 Å². The van der Waals surface area contributed by atoms with Crippen LogP contribution in [0.15, 0.2) is 60.7 Å². The van der Waals surface area contributed by atoms with Crippen LogP contribution < -0.4 is 4.74 Å². The Morgan fingerprint density at radius 3 is 2.16 bits per heavy atom. The van der Waals surface area contributed by atoms with Gasteiger partial charge in [0.15, 0.2) is 11.6 Å². The summed E-state index contributed by atoms with van der Waals surface area (Å²) in [7, 11) is 0. The quantitative estimate of drug-likeness (QED) is 0.235. The molecule has 0 spiro atoms. The molecule has 0 N–H and O–H groups in total. The van der Waals surface area contributed by atoms with Crippen LogP contribution in [0.1, 0.15) is 77.2 Å². The Morgan fingerprint density at radius 1 is 0.757 bits per heavy atom. The SMILES string of the molecule is CCCCCCOc1ccc(-c2ccc(-c3ccc(C4=CCC(CCC)CC4)c(F)c3)cc2)c(F)c1F. The highest BCUT2D eigenvalue weighted by Gasteiger charge is 2.18. The highest BCUT2D eigenvalue weighted by Crippen LogP contribution is 2.35. The fourth-order valence-electron chi connectivity index (χ4n) is 5.18. The summed E-state index contributed by atoms with van der Waals surface area (Å²) in [5, 5.41) is 0. The van der Waals surface area contributed by atoms with E-state index in [1.807, 2.05) is 24.3 Å². The van der Waals surface area contributed by atoms with Crippen molar-refractivity contribution in [2.45, 2.75) is 71.6 Å². The molecule has 4 rings (SSSR count). The molecule has 0 amide bonds. The van der Waals surface area contributed by atoms with E-state index in [1.54, 1.807) is 24.3 Å². The molecule has 0 saturated heterocycles. The molecule has 1 nitrogen and oxygen atoms in total. The van der Waals surface area contributed by atoms with E-state index in [4.69, 9.17) is 4.74 Å². The number of halogens is 3. The van der Waals surface area contributed by atoms with E-state index >= 15 is 4.39 Å². The van der Waals surface area contributed by atoms with Crippen LogP contribution in [0.3, 0.4) is 0 Å². The first-order valence-electron chi connectivity index (χ1n) is 13.7. The standard InChI is InChI=1S/C33H37F3O/c1-3-5-6-7-21-37-31-20-19-29(32(35)33(31)36)26-15-13-24(14-16-26)27-17-18-28(30(34)22-27)25-11-9-23(8-4-2)10-12-25/h11,13-20,22-23H,3-10,12,21H2,1-2H3. The molecule has 0 radical (unpaired) electrons. The van der Waals surface area contributed by atoms with E-state index in [1.165, 1.54) is 18.9 Å². The van der Waals surface area contributed by atoms with Gasteiger partial charge in [-0.25, -0.2) is 8.78 Å². The molecule has 0 fully saturated rings. The van der Waals surface area contributed by atoms with Gasteiger partial charge in [-0.05, 0) is 72.1 Å². The molecule has 0 saturated carbocycles. The zero-order valence-corrected chi connectivity index (χ0v) is 22.0. The normalized spacial score (nSPS) is 15.5. The second-order valence-electron chi connectivity index (χ2n) is 10.1. The monoisotopic (exact) mass is 506 g/mol. The molecule has 1 atom stereocenters. The number of rotatable bonds is 11. The lowest BCUT2D eigenvalue weighted by Gasteiger charge is -2.22. The second kappa shape index (κ2) is 13.0. The molecule has 1 aliphatic carbocycles. The third kappa shape index (κ3) is 6.66. The summed E-state index contributed by atoms with van der Waals surface area (Å²) >= 11 is 0. The zero-order valence-electron chi connectivity index (χ0n) is 22.0. The van der Waals surface area contributed by atoms with Crippen molar-refractivity contribution in [2.75, 3.05) is 6.61 Å². The lowest BCUT2D eigenvalue weighted by Crippen LogP contribution is -2.05. The molecule has 1 unspecified atom stereocenters. The zero-order chi connectivity index (χ0) is 26.2. The fraction of sp³-hybridized carbons (Fsp3) is 0.394. The van der Waals surface area contributed by atoms with Crippen molar-refractivity contribution < 1.29 is 17.9 Å². The van der Waals surface area contributed by atoms with Crippen LogP contribution >= 0.6 is 0 Å². The summed E-state index contributed by atoms with van der Waals surface area (Å²) in [5.41, 5.74) is 4.09. The highest BCUT2D eigenvalue weighted by molar-refractivity contribution is 5.74. The molecule has 0 heterocycles. The third-order valence-electron chi connectivity index (χ3n) is 7.36. The third-order valence-corrected chi connectivity index (χ3v) is 7.36. The van der Waals surface area contributed by atoms with Gasteiger partial charge in [0.05, 0.1) is 6.61 Å². The van der Waals surface area contributed by atoms with Crippen molar-refractivity contribution in [1.82, 2.24) is 0 Å². The van der Waals surface area contributed by atoms with Crippen LogP contribution in [0.5, 0.6) is 5.75 Å². The van der Waals surface area contributed by atoms with Gasteiger partial charge in [0.25, 0.3) is 0 Å². The topological polar surface area (TPSA) is 9.23 Å². The molecule has 0 aliphatic heterocycles. The van der Waals surface area contributed by atoms with Crippen LogP contribution in [0.4, 0.5) is 13.2 Å². The van der Waals surface area contributed by atoms with Gasteiger partial charge in [0, 0.05) is 11.1 Å². The molecule has 196 valence electrons. The molecule has 0 aromatic heterocycles. The maximum atomic E-state index is 15.1. The maximum absolute atomic E-state index is 15.1. The minimum atomic E-state index is -0.965. The van der Waals surface area contributed by atoms with Crippen LogP contribution in [0.2, 0.25) is 0 Å². The minimum absolute atomic E-state index is 0.0566. The Bertz CT molecular complexity index is 1210. The number of allylic oxidation sites excluding steroid dienone is 2. The van der Waals surface area contributed by atoms with Gasteiger partial charge in [-0.2, -0.15) is 4.39 Å². The van der Waals surface area contributed by atoms with Crippen molar-refractivity contribution in [3.63, 3.8) is 0 Å². The number of benzene rings is 3. The smallest absolute Gasteiger partial charge is 0.201 e. The predicted molar refractivity (Wildman–Crippen MR) is 147 cm³/mol. The first-order valence-corrected chi connectivity index (χ1v) is 13.7. The summed E-state index contributed by atoms with van der Waals surface area (Å²) in [4.78, 5) is 0. The maximum Gasteiger partial charge on any atom is 0.201 e. The average molecular weight is 507 g/mol. The van der Waals surface area contributed by atoms with E-state index < -0.39 is 11.6 Å². The van der Waals surface area contributed by atoms with E-state index in [9.17, 15) is 8.78 Å². The lowest BCUT2D eigenvalue weighted by atomic mass is 9.84. The molecule has 3 aromatic rings. The van der Waals surface area contributed by atoms with E-state index in [0.29, 0.717) is 23.7 Å². The summed E-state index contributed by atoms with van der Waals surface area (Å²) < 4.78 is 50.0. The summed E-state index contributed by atoms with van der Waals surface area (Å²) in [6.45, 7) is 4.70. The van der Waals surface area contributed by atoms with Crippen LogP contribution in [0.25, 0.3) is 27.8 Å². The van der Waals surface area contributed by atoms with Gasteiger partial charge in [-0.1, -0.05) is 88.4 Å². The van der Waals surface area contributed by atoms with Gasteiger partial charge < -0.3 is 4.74 Å². The Hall–Kier alpha value is -3.01. The molecule has 37 heavy (non-hydrogen) atoms. The molecular weight excluding hydrogens is 469 g/mol. The fourth-order valence-corrected chi connectivity index (χ4v) is 5.18. The molecule has 1 aliphatic rings. The van der Waals surface area contributed by atoms with Crippen molar-refractivity contribution in [3.05, 3.63) is 83.7 Å². The minimum Gasteiger partial charge on any atom is -0.490 e. The molecule has 3 aromatic carbocycles. The first-order chi connectivity index (χ1) is 18.0. The largest absolute Gasteiger partial charge is 0.490 e.